The van der Waals surface area contributed by atoms with Gasteiger partial charge in [-0.15, -0.1) is 0 Å². The van der Waals surface area contributed by atoms with Crippen molar-refractivity contribution in [2.24, 2.45) is 0 Å². The average Bonchev–Trinajstić information content (AvgIpc) is 1.89. The minimum absolute atomic E-state index is 0.984. The Morgan fingerprint density at radius 2 is 2.33 bits per heavy atom. The molecule has 0 bridgehead atoms. The first-order valence-electron chi connectivity index (χ1n) is 3.15. The van der Waals surface area contributed by atoms with Gasteiger partial charge >= 0.3 is 0 Å². The van der Waals surface area contributed by atoms with E-state index in [1.54, 1.807) is 6.08 Å². The van der Waals surface area contributed by atoms with E-state index in [1.165, 1.54) is 18.4 Å². The van der Waals surface area contributed by atoms with E-state index in [0.29, 0.717) is 0 Å². The second-order valence-electron chi connectivity index (χ2n) is 1.72. The van der Waals surface area contributed by atoms with Crippen LogP contribution in [-0.4, -0.2) is 0 Å². The normalized spacial score (nSPS) is 9.11. The van der Waals surface area contributed by atoms with E-state index in [0.717, 1.165) is 6.42 Å². The molecule has 0 unspecified atom stereocenters. The summed E-state index contributed by atoms with van der Waals surface area (Å²) in [5.74, 6) is 5.77. The molecule has 0 atom stereocenters. The molecule has 0 saturated carbocycles. The predicted octanol–water partition coefficient (Wildman–Crippen LogP) is 2.93. The molecular weight excluding hydrogens is 132 g/mol. The molecule has 0 heterocycles. The number of hydrogen-bond donors (Lipinski definition) is 0. The summed E-state index contributed by atoms with van der Waals surface area (Å²) in [5, 5.41) is 0. The van der Waals surface area contributed by atoms with Crippen molar-refractivity contribution in [1.29, 1.82) is 0 Å². The molecule has 0 aliphatic rings. The molecular formula is C8H11Cl. The molecule has 0 aliphatic heterocycles. The summed E-state index contributed by atoms with van der Waals surface area (Å²) in [6, 6.07) is 0. The van der Waals surface area contributed by atoms with Gasteiger partial charge in [0.2, 0.25) is 0 Å². The predicted molar refractivity (Wildman–Crippen MR) is 42.3 cm³/mol. The maximum atomic E-state index is 5.23. The molecule has 0 aromatic rings. The van der Waals surface area contributed by atoms with Crippen LogP contribution in [0.25, 0.3) is 0 Å². The molecule has 0 aliphatic carbocycles. The molecule has 0 N–H and O–H groups in total. The van der Waals surface area contributed by atoms with Crippen LogP contribution in [0.1, 0.15) is 26.2 Å². The molecule has 0 spiro atoms. The maximum absolute atomic E-state index is 5.23. The van der Waals surface area contributed by atoms with Gasteiger partial charge in [0.25, 0.3) is 0 Å². The smallest absolute Gasteiger partial charge is 0.0126 e. The third-order valence-electron chi connectivity index (χ3n) is 0.904. The minimum atomic E-state index is 0.984. The van der Waals surface area contributed by atoms with Crippen molar-refractivity contribution in [1.82, 2.24) is 0 Å². The molecule has 0 fully saturated rings. The Morgan fingerprint density at radius 1 is 1.56 bits per heavy atom. The second-order valence-corrected chi connectivity index (χ2v) is 1.97. The van der Waals surface area contributed by atoms with Crippen LogP contribution in [0.3, 0.4) is 0 Å². The first kappa shape index (κ1) is 8.59. The van der Waals surface area contributed by atoms with Crippen molar-refractivity contribution >= 4 is 11.6 Å². The van der Waals surface area contributed by atoms with Crippen molar-refractivity contribution in [2.75, 3.05) is 0 Å². The van der Waals surface area contributed by atoms with E-state index in [9.17, 15) is 0 Å². The molecule has 0 nitrogen and oxygen atoms in total. The van der Waals surface area contributed by atoms with E-state index in [1.807, 2.05) is 0 Å². The Kier molecular flexibility index (Phi) is 7.24. The van der Waals surface area contributed by atoms with Gasteiger partial charge in [-0.3, -0.25) is 0 Å². The fourth-order valence-corrected chi connectivity index (χ4v) is 0.491. The van der Waals surface area contributed by atoms with Crippen LogP contribution in [-0.2, 0) is 0 Å². The lowest BCUT2D eigenvalue weighted by atomic mass is 10.2. The van der Waals surface area contributed by atoms with Gasteiger partial charge in [-0.1, -0.05) is 36.8 Å². The Morgan fingerprint density at radius 3 is 2.89 bits per heavy atom. The summed E-state index contributed by atoms with van der Waals surface area (Å²) in [6.07, 6.45) is 5.03. The van der Waals surface area contributed by atoms with Gasteiger partial charge < -0.3 is 0 Å². The fraction of sp³-hybridized carbons (Fsp3) is 0.500. The SMILES string of the molecule is CCCCC#CC=CCl. The molecule has 0 radical (unpaired) electrons. The topological polar surface area (TPSA) is 0 Å². The zero-order valence-electron chi connectivity index (χ0n) is 5.65. The quantitative estimate of drug-likeness (QED) is 0.411. The third kappa shape index (κ3) is 7.59. The first-order chi connectivity index (χ1) is 4.41. The van der Waals surface area contributed by atoms with E-state index in [4.69, 9.17) is 11.6 Å². The zero-order valence-corrected chi connectivity index (χ0v) is 6.41. The van der Waals surface area contributed by atoms with Gasteiger partial charge in [0.1, 0.15) is 0 Å². The summed E-state index contributed by atoms with van der Waals surface area (Å²) in [6.45, 7) is 2.15. The Bertz CT molecular complexity index is 125. The number of hydrogen-bond acceptors (Lipinski definition) is 0. The number of halogens is 1. The number of unbranched alkanes of at least 4 members (excludes halogenated alkanes) is 2. The van der Waals surface area contributed by atoms with Gasteiger partial charge in [0.05, 0.1) is 0 Å². The second kappa shape index (κ2) is 7.59. The summed E-state index contributed by atoms with van der Waals surface area (Å²) in [4.78, 5) is 0. The molecule has 0 rings (SSSR count). The third-order valence-corrected chi connectivity index (χ3v) is 1.03. The lowest BCUT2D eigenvalue weighted by Crippen LogP contribution is -1.65. The van der Waals surface area contributed by atoms with Crippen LogP contribution in [0.2, 0.25) is 0 Å². The van der Waals surface area contributed by atoms with Crippen LogP contribution in [0.5, 0.6) is 0 Å². The highest BCUT2D eigenvalue weighted by Gasteiger charge is 1.73. The van der Waals surface area contributed by atoms with Gasteiger partial charge in [-0.05, 0) is 12.5 Å². The molecule has 0 aromatic carbocycles. The van der Waals surface area contributed by atoms with Crippen LogP contribution in [0.15, 0.2) is 11.6 Å². The van der Waals surface area contributed by atoms with Crippen LogP contribution >= 0.6 is 11.6 Å². The van der Waals surface area contributed by atoms with Gasteiger partial charge in [-0.25, -0.2) is 0 Å². The van der Waals surface area contributed by atoms with Crippen molar-refractivity contribution in [2.45, 2.75) is 26.2 Å². The Labute approximate surface area is 61.9 Å². The highest BCUT2D eigenvalue weighted by molar-refractivity contribution is 6.25. The summed E-state index contributed by atoms with van der Waals surface area (Å²) in [7, 11) is 0. The van der Waals surface area contributed by atoms with Crippen molar-refractivity contribution in [3.05, 3.63) is 11.6 Å². The highest BCUT2D eigenvalue weighted by atomic mass is 35.5. The van der Waals surface area contributed by atoms with E-state index in [2.05, 4.69) is 18.8 Å². The van der Waals surface area contributed by atoms with Gasteiger partial charge in [-0.2, -0.15) is 0 Å². The molecule has 9 heavy (non-hydrogen) atoms. The summed E-state index contributed by atoms with van der Waals surface area (Å²) >= 11 is 5.23. The van der Waals surface area contributed by atoms with Crippen molar-refractivity contribution in [3.8, 4) is 11.8 Å². The first-order valence-corrected chi connectivity index (χ1v) is 3.59. The Hall–Kier alpha value is -0.410. The van der Waals surface area contributed by atoms with Gasteiger partial charge in [0, 0.05) is 12.0 Å². The summed E-state index contributed by atoms with van der Waals surface area (Å²) < 4.78 is 0. The molecule has 50 valence electrons. The van der Waals surface area contributed by atoms with Crippen molar-refractivity contribution in [3.63, 3.8) is 0 Å². The van der Waals surface area contributed by atoms with Crippen LogP contribution in [0, 0.1) is 11.8 Å². The molecule has 1 heteroatoms. The fourth-order valence-electron chi connectivity index (χ4n) is 0.428. The molecule has 0 amide bonds. The number of allylic oxidation sites excluding steroid dienone is 1. The zero-order chi connectivity index (χ0) is 6.95. The molecule has 0 saturated heterocycles. The van der Waals surface area contributed by atoms with E-state index >= 15 is 0 Å². The van der Waals surface area contributed by atoms with E-state index in [-0.39, 0.29) is 0 Å². The average molecular weight is 143 g/mol. The summed E-state index contributed by atoms with van der Waals surface area (Å²) in [5.41, 5.74) is 1.43. The maximum Gasteiger partial charge on any atom is 0.0126 e. The Balaban J connectivity index is 3.16. The van der Waals surface area contributed by atoms with Gasteiger partial charge in [0.15, 0.2) is 0 Å². The highest BCUT2D eigenvalue weighted by Crippen LogP contribution is 1.90. The van der Waals surface area contributed by atoms with Crippen LogP contribution in [0.4, 0.5) is 0 Å². The monoisotopic (exact) mass is 142 g/mol. The van der Waals surface area contributed by atoms with Crippen LogP contribution < -0.4 is 0 Å². The standard InChI is InChI=1S/C8H11Cl/c1-2-3-4-5-6-7-8-9/h7-8H,2-4H2,1H3. The largest absolute Gasteiger partial charge is 0.0985 e. The lowest BCUT2D eigenvalue weighted by molar-refractivity contribution is 0.828. The van der Waals surface area contributed by atoms with Crippen molar-refractivity contribution < 1.29 is 0 Å². The van der Waals surface area contributed by atoms with E-state index < -0.39 is 0 Å². The molecule has 0 aromatic heterocycles. The lowest BCUT2D eigenvalue weighted by Gasteiger charge is -1.81. The number of rotatable bonds is 2. The minimum Gasteiger partial charge on any atom is -0.0985 e.